The molecule has 29 heavy (non-hydrogen) atoms. The Morgan fingerprint density at radius 2 is 2.07 bits per heavy atom. The van der Waals surface area contributed by atoms with Gasteiger partial charge in [-0.3, -0.25) is 9.59 Å². The number of allylic oxidation sites excluding steroid dienone is 3. The second kappa shape index (κ2) is 9.46. The fourth-order valence-electron chi connectivity index (χ4n) is 5.07. The predicted octanol–water partition coefficient (Wildman–Crippen LogP) is 4.20. The number of esters is 2. The van der Waals surface area contributed by atoms with Crippen LogP contribution in [0.1, 0.15) is 66.2 Å². The van der Waals surface area contributed by atoms with Crippen molar-refractivity contribution < 1.29 is 24.2 Å². The molecule has 3 rings (SSSR count). The summed E-state index contributed by atoms with van der Waals surface area (Å²) in [5, 5.41) is 9.89. The normalized spacial score (nSPS) is 37.9. The second-order valence-electron chi connectivity index (χ2n) is 9.36. The van der Waals surface area contributed by atoms with E-state index in [2.05, 4.69) is 32.1 Å². The van der Waals surface area contributed by atoms with Crippen LogP contribution < -0.4 is 0 Å². The third-order valence-corrected chi connectivity index (χ3v) is 6.93. The highest BCUT2D eigenvalue weighted by Gasteiger charge is 2.42. The Labute approximate surface area is 174 Å². The van der Waals surface area contributed by atoms with Gasteiger partial charge in [-0.25, -0.2) is 0 Å². The lowest BCUT2D eigenvalue weighted by molar-refractivity contribution is -0.162. The maximum Gasteiger partial charge on any atom is 0.308 e. The highest BCUT2D eigenvalue weighted by molar-refractivity contribution is 5.72. The second-order valence-corrected chi connectivity index (χ2v) is 9.36. The quantitative estimate of drug-likeness (QED) is 0.672. The topological polar surface area (TPSA) is 72.8 Å². The van der Waals surface area contributed by atoms with Gasteiger partial charge in [-0.1, -0.05) is 45.9 Å². The molecule has 0 saturated carbocycles. The van der Waals surface area contributed by atoms with E-state index in [4.69, 9.17) is 9.47 Å². The van der Waals surface area contributed by atoms with E-state index in [0.717, 1.165) is 25.7 Å². The first-order valence-electron chi connectivity index (χ1n) is 11.3. The van der Waals surface area contributed by atoms with Crippen LogP contribution in [-0.4, -0.2) is 35.4 Å². The van der Waals surface area contributed by atoms with Crippen molar-refractivity contribution in [3.05, 3.63) is 23.8 Å². The van der Waals surface area contributed by atoms with E-state index in [0.29, 0.717) is 24.2 Å². The fraction of sp³-hybridized carbons (Fsp3) is 0.750. The molecule has 0 aromatic carbocycles. The van der Waals surface area contributed by atoms with Crippen molar-refractivity contribution in [1.82, 2.24) is 0 Å². The molecule has 0 aromatic heterocycles. The molecular weight excluding hydrogens is 368 g/mol. The van der Waals surface area contributed by atoms with E-state index in [9.17, 15) is 14.7 Å². The van der Waals surface area contributed by atoms with Crippen LogP contribution in [0.15, 0.2) is 23.8 Å². The lowest BCUT2D eigenvalue weighted by Gasteiger charge is -2.43. The zero-order chi connectivity index (χ0) is 21.1. The summed E-state index contributed by atoms with van der Waals surface area (Å²) in [5.41, 5.74) is 1.27. The molecule has 5 nitrogen and oxygen atoms in total. The van der Waals surface area contributed by atoms with Gasteiger partial charge in [0, 0.05) is 12.3 Å². The minimum atomic E-state index is -0.597. The maximum atomic E-state index is 12.5. The molecule has 162 valence electrons. The van der Waals surface area contributed by atoms with Crippen LogP contribution in [0.25, 0.3) is 0 Å². The smallest absolute Gasteiger partial charge is 0.308 e. The molecule has 1 N–H and O–H groups in total. The lowest BCUT2D eigenvalue weighted by atomic mass is 9.65. The molecule has 0 unspecified atom stereocenters. The Kier molecular flexibility index (Phi) is 7.20. The molecule has 2 aliphatic carbocycles. The Balaban J connectivity index is 1.74. The van der Waals surface area contributed by atoms with Crippen molar-refractivity contribution in [2.24, 2.45) is 29.6 Å². The number of aliphatic hydroxyl groups excluding tert-OH is 1. The van der Waals surface area contributed by atoms with Crippen molar-refractivity contribution >= 4 is 11.9 Å². The molecule has 1 heterocycles. The Morgan fingerprint density at radius 3 is 2.76 bits per heavy atom. The van der Waals surface area contributed by atoms with Crippen molar-refractivity contribution in [3.63, 3.8) is 0 Å². The number of hydrogen-bond donors (Lipinski definition) is 1. The van der Waals surface area contributed by atoms with Gasteiger partial charge in [0.05, 0.1) is 18.4 Å². The number of fused-ring (bicyclic) bond motifs is 1. The van der Waals surface area contributed by atoms with Crippen LogP contribution in [0.2, 0.25) is 0 Å². The first-order chi connectivity index (χ1) is 13.8. The van der Waals surface area contributed by atoms with Crippen molar-refractivity contribution in [3.8, 4) is 0 Å². The number of carbonyl (C=O) groups excluding carboxylic acids is 2. The summed E-state index contributed by atoms with van der Waals surface area (Å²) in [6.45, 7) is 8.33. The summed E-state index contributed by atoms with van der Waals surface area (Å²) in [7, 11) is 0. The number of rotatable bonds is 6. The van der Waals surface area contributed by atoms with Gasteiger partial charge >= 0.3 is 11.9 Å². The molecule has 5 heteroatoms. The van der Waals surface area contributed by atoms with E-state index in [1.165, 1.54) is 5.57 Å². The van der Waals surface area contributed by atoms with Crippen LogP contribution in [0.5, 0.6) is 0 Å². The van der Waals surface area contributed by atoms with Crippen LogP contribution in [-0.2, 0) is 19.1 Å². The van der Waals surface area contributed by atoms with Gasteiger partial charge < -0.3 is 14.6 Å². The number of cyclic esters (lactones) is 1. The summed E-state index contributed by atoms with van der Waals surface area (Å²) >= 11 is 0. The van der Waals surface area contributed by atoms with Gasteiger partial charge in [0.25, 0.3) is 0 Å². The summed E-state index contributed by atoms with van der Waals surface area (Å²) in [4.78, 5) is 24.2. The average Bonchev–Trinajstić information content (AvgIpc) is 2.65. The Bertz CT molecular complexity index is 666. The average molecular weight is 405 g/mol. The molecule has 0 aromatic rings. The van der Waals surface area contributed by atoms with E-state index < -0.39 is 6.10 Å². The molecular formula is C24H36O5. The molecule has 0 radical (unpaired) electrons. The zero-order valence-corrected chi connectivity index (χ0v) is 18.2. The largest absolute Gasteiger partial charge is 0.462 e. The highest BCUT2D eigenvalue weighted by Crippen LogP contribution is 2.45. The van der Waals surface area contributed by atoms with Gasteiger partial charge in [0.15, 0.2) is 0 Å². The molecule has 0 amide bonds. The Hall–Kier alpha value is -1.62. The minimum Gasteiger partial charge on any atom is -0.462 e. The molecule has 3 aliphatic rings. The molecule has 0 spiro atoms. The van der Waals surface area contributed by atoms with Gasteiger partial charge in [-0.2, -0.15) is 0 Å². The van der Waals surface area contributed by atoms with E-state index in [1.807, 2.05) is 13.8 Å². The van der Waals surface area contributed by atoms with Crippen molar-refractivity contribution in [2.75, 3.05) is 0 Å². The summed E-state index contributed by atoms with van der Waals surface area (Å²) in [6.07, 6.45) is 9.70. The van der Waals surface area contributed by atoms with Gasteiger partial charge in [-0.05, 0) is 49.0 Å². The van der Waals surface area contributed by atoms with Crippen LogP contribution >= 0.6 is 0 Å². The fourth-order valence-corrected chi connectivity index (χ4v) is 5.07. The monoisotopic (exact) mass is 404 g/mol. The predicted molar refractivity (Wildman–Crippen MR) is 111 cm³/mol. The van der Waals surface area contributed by atoms with Crippen LogP contribution in [0.3, 0.4) is 0 Å². The van der Waals surface area contributed by atoms with Crippen molar-refractivity contribution in [1.29, 1.82) is 0 Å². The Morgan fingerprint density at radius 1 is 1.31 bits per heavy atom. The SMILES string of the molecule is CC[C@H](C)C(=O)O[C@@H]1C[C@H](C)C=C2C=C[C@@H](C)[C@@H](CC[C@@H]3C[C@H](O)CC(=O)O3)[C@@H]21. The van der Waals surface area contributed by atoms with E-state index >= 15 is 0 Å². The summed E-state index contributed by atoms with van der Waals surface area (Å²) in [5.74, 6) is 0.755. The number of hydrogen-bond acceptors (Lipinski definition) is 5. The number of carbonyl (C=O) groups is 2. The molecule has 0 bridgehead atoms. The molecule has 1 aliphatic heterocycles. The van der Waals surface area contributed by atoms with Gasteiger partial charge in [0.1, 0.15) is 12.2 Å². The number of aliphatic hydroxyl groups is 1. The van der Waals surface area contributed by atoms with Gasteiger partial charge in [0.2, 0.25) is 0 Å². The zero-order valence-electron chi connectivity index (χ0n) is 18.2. The third kappa shape index (κ3) is 5.30. The van der Waals surface area contributed by atoms with E-state index in [-0.39, 0.29) is 42.4 Å². The first-order valence-corrected chi connectivity index (χ1v) is 11.3. The third-order valence-electron chi connectivity index (χ3n) is 6.93. The molecule has 8 atom stereocenters. The van der Waals surface area contributed by atoms with Gasteiger partial charge in [-0.15, -0.1) is 0 Å². The first kappa shape index (κ1) is 22.1. The highest BCUT2D eigenvalue weighted by atomic mass is 16.5. The number of ether oxygens (including phenoxy) is 2. The van der Waals surface area contributed by atoms with Crippen LogP contribution in [0.4, 0.5) is 0 Å². The lowest BCUT2D eigenvalue weighted by Crippen LogP contribution is -2.42. The molecule has 1 saturated heterocycles. The minimum absolute atomic E-state index is 0.0854. The van der Waals surface area contributed by atoms with Crippen molar-refractivity contribution in [2.45, 2.75) is 84.5 Å². The molecule has 1 fully saturated rings. The standard InChI is InChI=1S/C24H36O5/c1-5-15(3)24(27)29-21-11-14(2)10-17-7-6-16(4)20(23(17)21)9-8-19-12-18(25)13-22(26)28-19/h6-7,10,14-16,18-21,23,25H,5,8-9,11-13H2,1-4H3/t14-,15+,16-,18+,19-,20-,21-,23-/m1/s1. The summed E-state index contributed by atoms with van der Waals surface area (Å²) in [6, 6.07) is 0. The van der Waals surface area contributed by atoms with E-state index in [1.54, 1.807) is 0 Å². The van der Waals surface area contributed by atoms with Crippen LogP contribution in [0, 0.1) is 29.6 Å². The summed E-state index contributed by atoms with van der Waals surface area (Å²) < 4.78 is 11.5. The maximum absolute atomic E-state index is 12.5.